The first-order valence-corrected chi connectivity index (χ1v) is 4.62. The molecule has 0 bridgehead atoms. The minimum atomic E-state index is -0.931. The normalized spacial score (nSPS) is 10.4. The predicted octanol–water partition coefficient (Wildman–Crippen LogP) is 2.31. The summed E-state index contributed by atoms with van der Waals surface area (Å²) >= 11 is 0. The summed E-state index contributed by atoms with van der Waals surface area (Å²) in [4.78, 5) is 7.66. The number of rotatable bonds is 1. The molecule has 0 saturated carbocycles. The minimum absolute atomic E-state index is 0.0582. The zero-order chi connectivity index (χ0) is 11.7. The van der Waals surface area contributed by atoms with E-state index in [0.29, 0.717) is 0 Å². The van der Waals surface area contributed by atoms with Gasteiger partial charge in [0, 0.05) is 5.56 Å². The smallest absolute Gasteiger partial charge is 0.168 e. The molecule has 1 aromatic carbocycles. The monoisotopic (exact) mass is 221 g/mol. The number of aromatic nitrogens is 2. The molecule has 1 aromatic heterocycles. The van der Waals surface area contributed by atoms with Crippen molar-refractivity contribution in [2.75, 3.05) is 5.73 Å². The predicted molar refractivity (Wildman–Crippen MR) is 56.5 cm³/mol. The fourth-order valence-electron chi connectivity index (χ4n) is 1.35. The van der Waals surface area contributed by atoms with Gasteiger partial charge in [0.15, 0.2) is 11.6 Å². The van der Waals surface area contributed by atoms with Crippen LogP contribution in [0.3, 0.4) is 0 Å². The molecular weight excluding hydrogens is 212 g/mol. The number of benzene rings is 1. The highest BCUT2D eigenvalue weighted by atomic mass is 19.2. The van der Waals surface area contributed by atoms with Crippen molar-refractivity contribution in [3.05, 3.63) is 41.7 Å². The molecule has 0 aliphatic rings. The SMILES string of the molecule is Cc1ccc(-c2cncc(N)n2)c(F)c1F. The van der Waals surface area contributed by atoms with Crippen LogP contribution in [0, 0.1) is 18.6 Å². The van der Waals surface area contributed by atoms with E-state index in [1.54, 1.807) is 0 Å². The number of nitrogens with two attached hydrogens (primary N) is 1. The van der Waals surface area contributed by atoms with Gasteiger partial charge < -0.3 is 5.73 Å². The van der Waals surface area contributed by atoms with Gasteiger partial charge in [0.05, 0.1) is 18.1 Å². The molecule has 0 atom stereocenters. The van der Waals surface area contributed by atoms with Crippen molar-refractivity contribution in [2.24, 2.45) is 0 Å². The second kappa shape index (κ2) is 3.84. The van der Waals surface area contributed by atoms with E-state index in [9.17, 15) is 8.78 Å². The Balaban J connectivity index is 2.61. The summed E-state index contributed by atoms with van der Waals surface area (Å²) in [6.07, 6.45) is 2.68. The van der Waals surface area contributed by atoms with Crippen molar-refractivity contribution in [1.29, 1.82) is 0 Å². The van der Waals surface area contributed by atoms with Gasteiger partial charge in [0.2, 0.25) is 0 Å². The van der Waals surface area contributed by atoms with E-state index in [2.05, 4.69) is 9.97 Å². The van der Waals surface area contributed by atoms with Gasteiger partial charge in [0.1, 0.15) is 5.82 Å². The first kappa shape index (κ1) is 10.5. The highest BCUT2D eigenvalue weighted by Gasteiger charge is 2.13. The van der Waals surface area contributed by atoms with E-state index in [1.807, 2.05) is 0 Å². The summed E-state index contributed by atoms with van der Waals surface area (Å²) in [7, 11) is 0. The van der Waals surface area contributed by atoms with Crippen LogP contribution in [-0.4, -0.2) is 9.97 Å². The summed E-state index contributed by atoms with van der Waals surface area (Å²) in [6.45, 7) is 1.49. The van der Waals surface area contributed by atoms with Crippen LogP contribution in [0.5, 0.6) is 0 Å². The van der Waals surface area contributed by atoms with Gasteiger partial charge in [-0.3, -0.25) is 4.98 Å². The quantitative estimate of drug-likeness (QED) is 0.803. The van der Waals surface area contributed by atoms with Crippen LogP contribution < -0.4 is 5.73 Å². The molecule has 82 valence electrons. The maximum absolute atomic E-state index is 13.6. The molecule has 5 heteroatoms. The van der Waals surface area contributed by atoms with Crippen LogP contribution in [0.4, 0.5) is 14.6 Å². The minimum Gasteiger partial charge on any atom is -0.382 e. The van der Waals surface area contributed by atoms with Gasteiger partial charge >= 0.3 is 0 Å². The van der Waals surface area contributed by atoms with E-state index in [4.69, 9.17) is 5.73 Å². The molecule has 0 radical (unpaired) electrons. The van der Waals surface area contributed by atoms with Crippen LogP contribution in [-0.2, 0) is 0 Å². The maximum Gasteiger partial charge on any atom is 0.168 e. The van der Waals surface area contributed by atoms with E-state index >= 15 is 0 Å². The summed E-state index contributed by atoms with van der Waals surface area (Å²) in [5.41, 5.74) is 5.95. The Labute approximate surface area is 91.0 Å². The molecule has 16 heavy (non-hydrogen) atoms. The van der Waals surface area contributed by atoms with E-state index in [-0.39, 0.29) is 22.6 Å². The molecule has 0 aliphatic carbocycles. The molecule has 2 rings (SSSR count). The summed E-state index contributed by atoms with van der Waals surface area (Å²) in [5, 5.41) is 0. The van der Waals surface area contributed by atoms with Crippen molar-refractivity contribution in [1.82, 2.24) is 9.97 Å². The zero-order valence-electron chi connectivity index (χ0n) is 8.54. The number of aryl methyl sites for hydroxylation is 1. The first-order valence-electron chi connectivity index (χ1n) is 4.62. The van der Waals surface area contributed by atoms with Crippen LogP contribution in [0.25, 0.3) is 11.3 Å². The Kier molecular flexibility index (Phi) is 2.52. The van der Waals surface area contributed by atoms with Gasteiger partial charge in [-0.2, -0.15) is 0 Å². The number of nitrogen functional groups attached to an aromatic ring is 1. The number of nitrogens with zero attached hydrogens (tertiary/aromatic N) is 2. The average molecular weight is 221 g/mol. The van der Waals surface area contributed by atoms with Crippen molar-refractivity contribution in [3.63, 3.8) is 0 Å². The third-order valence-electron chi connectivity index (χ3n) is 2.20. The van der Waals surface area contributed by atoms with Crippen LogP contribution in [0.1, 0.15) is 5.56 Å². The van der Waals surface area contributed by atoms with Gasteiger partial charge in [-0.15, -0.1) is 0 Å². The second-order valence-corrected chi connectivity index (χ2v) is 3.39. The third-order valence-corrected chi connectivity index (χ3v) is 2.20. The van der Waals surface area contributed by atoms with Gasteiger partial charge in [-0.25, -0.2) is 13.8 Å². The second-order valence-electron chi connectivity index (χ2n) is 3.39. The van der Waals surface area contributed by atoms with Gasteiger partial charge in [-0.1, -0.05) is 6.07 Å². The number of anilines is 1. The Hall–Kier alpha value is -2.04. The van der Waals surface area contributed by atoms with E-state index < -0.39 is 11.6 Å². The van der Waals surface area contributed by atoms with E-state index in [0.717, 1.165) is 0 Å². The Morgan fingerprint density at radius 3 is 2.56 bits per heavy atom. The van der Waals surface area contributed by atoms with Crippen molar-refractivity contribution in [3.8, 4) is 11.3 Å². The van der Waals surface area contributed by atoms with Gasteiger partial charge in [0.25, 0.3) is 0 Å². The molecule has 2 aromatic rings. The lowest BCUT2D eigenvalue weighted by Crippen LogP contribution is -1.98. The van der Waals surface area contributed by atoms with Crippen molar-refractivity contribution < 1.29 is 8.78 Å². The lowest BCUT2D eigenvalue weighted by atomic mass is 10.1. The molecule has 0 amide bonds. The molecule has 2 N–H and O–H groups in total. The number of halogens is 2. The summed E-state index contributed by atoms with van der Waals surface area (Å²) < 4.78 is 26.9. The largest absolute Gasteiger partial charge is 0.382 e. The molecule has 3 nitrogen and oxygen atoms in total. The van der Waals surface area contributed by atoms with Gasteiger partial charge in [-0.05, 0) is 18.6 Å². The Morgan fingerprint density at radius 1 is 1.12 bits per heavy atom. The van der Waals surface area contributed by atoms with Crippen molar-refractivity contribution >= 4 is 5.82 Å². The number of hydrogen-bond acceptors (Lipinski definition) is 3. The highest BCUT2D eigenvalue weighted by molar-refractivity contribution is 5.61. The molecule has 0 fully saturated rings. The summed E-state index contributed by atoms with van der Waals surface area (Å²) in [5.74, 6) is -1.64. The van der Waals surface area contributed by atoms with E-state index in [1.165, 1.54) is 31.5 Å². The highest BCUT2D eigenvalue weighted by Crippen LogP contribution is 2.24. The van der Waals surface area contributed by atoms with Crippen LogP contribution >= 0.6 is 0 Å². The Bertz CT molecular complexity index is 541. The lowest BCUT2D eigenvalue weighted by molar-refractivity contribution is 0.505. The lowest BCUT2D eigenvalue weighted by Gasteiger charge is -2.05. The average Bonchev–Trinajstić information content (AvgIpc) is 2.26. The first-order chi connectivity index (χ1) is 7.59. The fraction of sp³-hybridized carbons (Fsp3) is 0.0909. The Morgan fingerprint density at radius 2 is 1.88 bits per heavy atom. The topological polar surface area (TPSA) is 51.8 Å². The third kappa shape index (κ3) is 1.71. The molecule has 0 spiro atoms. The maximum atomic E-state index is 13.6. The molecule has 0 unspecified atom stereocenters. The number of hydrogen-bond donors (Lipinski definition) is 1. The van der Waals surface area contributed by atoms with Crippen LogP contribution in [0.15, 0.2) is 24.5 Å². The summed E-state index contributed by atoms with van der Waals surface area (Å²) in [6, 6.07) is 2.94. The molecule has 0 saturated heterocycles. The standard InChI is InChI=1S/C11H9F2N3/c1-6-2-3-7(11(13)10(6)12)8-4-15-5-9(14)16-8/h2-5H,1H3,(H2,14,16). The zero-order valence-corrected chi connectivity index (χ0v) is 8.54. The molecule has 1 heterocycles. The molecular formula is C11H9F2N3. The van der Waals surface area contributed by atoms with Crippen LogP contribution in [0.2, 0.25) is 0 Å². The fourth-order valence-corrected chi connectivity index (χ4v) is 1.35. The van der Waals surface area contributed by atoms with Crippen molar-refractivity contribution in [2.45, 2.75) is 6.92 Å². The molecule has 0 aliphatic heterocycles.